The summed E-state index contributed by atoms with van der Waals surface area (Å²) in [5.41, 5.74) is 0.907. The Morgan fingerprint density at radius 3 is 2.37 bits per heavy atom. The van der Waals surface area contributed by atoms with Crippen molar-refractivity contribution in [2.24, 2.45) is 7.05 Å². The summed E-state index contributed by atoms with van der Waals surface area (Å²) in [7, 11) is -1.50. The standard InChI is InChI=1S/C13H14N2O3S/c1-3-19(17,18)11-6-4-10(5-7-11)13(16)12-8-14-9-15(12)2/h4-9H,3H2,1-2H3. The van der Waals surface area contributed by atoms with Crippen molar-refractivity contribution in [1.29, 1.82) is 0 Å². The number of hydrogen-bond donors (Lipinski definition) is 0. The van der Waals surface area contributed by atoms with Gasteiger partial charge in [0.05, 0.1) is 23.2 Å². The molecule has 0 atom stereocenters. The Morgan fingerprint density at radius 2 is 1.89 bits per heavy atom. The number of benzene rings is 1. The van der Waals surface area contributed by atoms with Crippen LogP contribution in [0.25, 0.3) is 0 Å². The maximum Gasteiger partial charge on any atom is 0.210 e. The van der Waals surface area contributed by atoms with E-state index in [0.717, 1.165) is 0 Å². The van der Waals surface area contributed by atoms with Crippen molar-refractivity contribution in [3.63, 3.8) is 0 Å². The molecule has 0 radical (unpaired) electrons. The van der Waals surface area contributed by atoms with Crippen molar-refractivity contribution in [2.75, 3.05) is 5.75 Å². The van der Waals surface area contributed by atoms with Gasteiger partial charge in [-0.3, -0.25) is 4.79 Å². The van der Waals surface area contributed by atoms with Crippen LogP contribution in [0.4, 0.5) is 0 Å². The van der Waals surface area contributed by atoms with Gasteiger partial charge in [0, 0.05) is 12.6 Å². The van der Waals surface area contributed by atoms with E-state index in [0.29, 0.717) is 11.3 Å². The second kappa shape index (κ2) is 4.97. The minimum Gasteiger partial charge on any atom is -0.331 e. The van der Waals surface area contributed by atoms with Crippen molar-refractivity contribution >= 4 is 15.6 Å². The van der Waals surface area contributed by atoms with Gasteiger partial charge in [-0.2, -0.15) is 0 Å². The van der Waals surface area contributed by atoms with Gasteiger partial charge in [0.2, 0.25) is 5.78 Å². The van der Waals surface area contributed by atoms with Crippen LogP contribution in [-0.2, 0) is 16.9 Å². The number of hydrogen-bond acceptors (Lipinski definition) is 4. The molecule has 1 aromatic carbocycles. The first-order valence-corrected chi connectivity index (χ1v) is 7.45. The van der Waals surface area contributed by atoms with Crippen LogP contribution >= 0.6 is 0 Å². The summed E-state index contributed by atoms with van der Waals surface area (Å²) in [6, 6.07) is 5.97. The highest BCUT2D eigenvalue weighted by molar-refractivity contribution is 7.91. The zero-order chi connectivity index (χ0) is 14.0. The number of sulfone groups is 1. The molecule has 1 aromatic heterocycles. The summed E-state index contributed by atoms with van der Waals surface area (Å²) in [5, 5.41) is 0. The molecule has 19 heavy (non-hydrogen) atoms. The van der Waals surface area contributed by atoms with Gasteiger partial charge in [-0.25, -0.2) is 13.4 Å². The van der Waals surface area contributed by atoms with Gasteiger partial charge < -0.3 is 4.57 Å². The Balaban J connectivity index is 2.34. The number of ketones is 1. The number of nitrogens with zero attached hydrogens (tertiary/aromatic N) is 2. The highest BCUT2D eigenvalue weighted by Gasteiger charge is 2.15. The third-order valence-corrected chi connectivity index (χ3v) is 4.66. The number of imidazole rings is 1. The number of aromatic nitrogens is 2. The molecular weight excluding hydrogens is 264 g/mol. The molecule has 0 amide bonds. The van der Waals surface area contributed by atoms with Crippen LogP contribution in [0.2, 0.25) is 0 Å². The fourth-order valence-corrected chi connectivity index (χ4v) is 2.59. The van der Waals surface area contributed by atoms with E-state index in [1.54, 1.807) is 24.9 Å². The summed E-state index contributed by atoms with van der Waals surface area (Å²) >= 11 is 0. The van der Waals surface area contributed by atoms with Gasteiger partial charge in [0.15, 0.2) is 9.84 Å². The fourth-order valence-electron chi connectivity index (χ4n) is 1.70. The first-order chi connectivity index (χ1) is 8.95. The molecule has 0 aliphatic carbocycles. The van der Waals surface area contributed by atoms with Gasteiger partial charge in [-0.1, -0.05) is 6.92 Å². The average molecular weight is 278 g/mol. The van der Waals surface area contributed by atoms with Crippen LogP contribution in [0.1, 0.15) is 23.0 Å². The van der Waals surface area contributed by atoms with Gasteiger partial charge in [0.1, 0.15) is 5.69 Å². The molecule has 0 N–H and O–H groups in total. The zero-order valence-electron chi connectivity index (χ0n) is 10.7. The van der Waals surface area contributed by atoms with Crippen LogP contribution in [-0.4, -0.2) is 29.5 Å². The largest absolute Gasteiger partial charge is 0.331 e. The van der Waals surface area contributed by atoms with Crippen molar-refractivity contribution in [3.8, 4) is 0 Å². The molecular formula is C13H14N2O3S. The molecule has 0 unspecified atom stereocenters. The van der Waals surface area contributed by atoms with Gasteiger partial charge in [0.25, 0.3) is 0 Å². The molecule has 6 heteroatoms. The highest BCUT2D eigenvalue weighted by Crippen LogP contribution is 2.14. The fraction of sp³-hybridized carbons (Fsp3) is 0.231. The average Bonchev–Trinajstić information content (AvgIpc) is 2.84. The molecule has 0 saturated heterocycles. The molecule has 2 aromatic rings. The predicted molar refractivity (Wildman–Crippen MR) is 70.8 cm³/mol. The lowest BCUT2D eigenvalue weighted by atomic mass is 10.1. The lowest BCUT2D eigenvalue weighted by Gasteiger charge is -2.04. The van der Waals surface area contributed by atoms with Crippen LogP contribution in [0.3, 0.4) is 0 Å². The number of aryl methyl sites for hydroxylation is 1. The van der Waals surface area contributed by atoms with E-state index in [-0.39, 0.29) is 16.4 Å². The molecule has 5 nitrogen and oxygen atoms in total. The summed E-state index contributed by atoms with van der Waals surface area (Å²) in [5.74, 6) is -0.136. The molecule has 0 saturated carbocycles. The van der Waals surface area contributed by atoms with E-state index in [1.807, 2.05) is 0 Å². The third-order valence-electron chi connectivity index (χ3n) is 2.90. The molecule has 0 aliphatic heterocycles. The van der Waals surface area contributed by atoms with Crippen molar-refractivity contribution in [3.05, 3.63) is 48.0 Å². The monoisotopic (exact) mass is 278 g/mol. The SMILES string of the molecule is CCS(=O)(=O)c1ccc(C(=O)c2cncn2C)cc1. The summed E-state index contributed by atoms with van der Waals surface area (Å²) in [6.45, 7) is 1.59. The van der Waals surface area contributed by atoms with E-state index in [9.17, 15) is 13.2 Å². The van der Waals surface area contributed by atoms with E-state index in [4.69, 9.17) is 0 Å². The predicted octanol–water partition coefficient (Wildman–Crippen LogP) is 1.44. The van der Waals surface area contributed by atoms with Crippen LogP contribution in [0.5, 0.6) is 0 Å². The maximum absolute atomic E-state index is 12.1. The first kappa shape index (κ1) is 13.5. The molecule has 0 bridgehead atoms. The molecule has 0 fully saturated rings. The lowest BCUT2D eigenvalue weighted by Crippen LogP contribution is -2.08. The van der Waals surface area contributed by atoms with Crippen molar-refractivity contribution in [2.45, 2.75) is 11.8 Å². The quantitative estimate of drug-likeness (QED) is 0.794. The molecule has 100 valence electrons. The van der Waals surface area contributed by atoms with Gasteiger partial charge in [-0.15, -0.1) is 0 Å². The van der Waals surface area contributed by atoms with Crippen LogP contribution in [0, 0.1) is 0 Å². The molecule has 0 spiro atoms. The minimum absolute atomic E-state index is 0.0437. The summed E-state index contributed by atoms with van der Waals surface area (Å²) in [4.78, 5) is 16.3. The Kier molecular flexibility index (Phi) is 3.53. The van der Waals surface area contributed by atoms with Gasteiger partial charge in [-0.05, 0) is 24.3 Å². The molecule has 1 heterocycles. The van der Waals surface area contributed by atoms with E-state index < -0.39 is 9.84 Å². The zero-order valence-corrected chi connectivity index (χ0v) is 11.5. The van der Waals surface area contributed by atoms with Crippen LogP contribution < -0.4 is 0 Å². The summed E-state index contributed by atoms with van der Waals surface area (Å²) in [6.07, 6.45) is 3.03. The second-order valence-electron chi connectivity index (χ2n) is 4.15. The molecule has 0 aliphatic rings. The number of carbonyl (C=O) groups is 1. The van der Waals surface area contributed by atoms with Crippen molar-refractivity contribution in [1.82, 2.24) is 9.55 Å². The Hall–Kier alpha value is -1.95. The third kappa shape index (κ3) is 2.58. The molecule has 2 rings (SSSR count). The number of carbonyl (C=O) groups excluding carboxylic acids is 1. The van der Waals surface area contributed by atoms with E-state index in [2.05, 4.69) is 4.98 Å². The minimum atomic E-state index is -3.23. The summed E-state index contributed by atoms with van der Waals surface area (Å²) < 4.78 is 25.0. The Morgan fingerprint density at radius 1 is 1.26 bits per heavy atom. The lowest BCUT2D eigenvalue weighted by molar-refractivity contribution is 0.103. The van der Waals surface area contributed by atoms with E-state index >= 15 is 0 Å². The first-order valence-electron chi connectivity index (χ1n) is 5.79. The highest BCUT2D eigenvalue weighted by atomic mass is 32.2. The smallest absolute Gasteiger partial charge is 0.210 e. The Bertz CT molecular complexity index is 700. The maximum atomic E-state index is 12.1. The Labute approximate surface area is 111 Å². The van der Waals surface area contributed by atoms with Crippen LogP contribution in [0.15, 0.2) is 41.7 Å². The van der Waals surface area contributed by atoms with Gasteiger partial charge >= 0.3 is 0 Å². The normalized spacial score (nSPS) is 11.5. The topological polar surface area (TPSA) is 69.0 Å². The van der Waals surface area contributed by atoms with E-state index in [1.165, 1.54) is 30.5 Å². The second-order valence-corrected chi connectivity index (χ2v) is 6.42. The van der Waals surface area contributed by atoms with Crippen molar-refractivity contribution < 1.29 is 13.2 Å². The number of rotatable bonds is 4.